The van der Waals surface area contributed by atoms with Gasteiger partial charge in [-0.3, -0.25) is 18.7 Å². The summed E-state index contributed by atoms with van der Waals surface area (Å²) in [6, 6.07) is 2.23. The highest BCUT2D eigenvalue weighted by molar-refractivity contribution is 7.72. The van der Waals surface area contributed by atoms with Crippen molar-refractivity contribution in [2.24, 2.45) is 5.73 Å². The van der Waals surface area contributed by atoms with Crippen LogP contribution in [0.1, 0.15) is 46.9 Å². The van der Waals surface area contributed by atoms with Crippen LogP contribution in [0.4, 0.5) is 0 Å². The molecule has 0 aliphatic heterocycles. The Labute approximate surface area is 176 Å². The van der Waals surface area contributed by atoms with Crippen LogP contribution in [-0.4, -0.2) is 64.6 Å². The maximum atomic E-state index is 12.3. The molecule has 0 saturated carbocycles. The molecule has 2 unspecified atom stereocenters. The SMILES string of the molecule is CC(NC(=O)c1ccccc1C(=O)O)C(=O)CCCC(N)C(O)(P(=O)(O)O)P(=O)(O)O. The Bertz CT molecular complexity index is 917. The van der Waals surface area contributed by atoms with Crippen LogP contribution in [0.2, 0.25) is 0 Å². The van der Waals surface area contributed by atoms with E-state index in [4.69, 9.17) is 30.4 Å². The number of nitrogens with one attached hydrogen (secondary N) is 1. The summed E-state index contributed by atoms with van der Waals surface area (Å²) in [5.41, 5.74) is 4.99. The van der Waals surface area contributed by atoms with E-state index in [1.807, 2.05) is 0 Å². The number of hydrogen-bond acceptors (Lipinski definition) is 7. The fraction of sp³-hybridized carbons (Fsp3) is 0.438. The molecule has 2 atom stereocenters. The molecule has 31 heavy (non-hydrogen) atoms. The predicted molar refractivity (Wildman–Crippen MR) is 106 cm³/mol. The molecule has 0 aromatic heterocycles. The third kappa shape index (κ3) is 6.28. The van der Waals surface area contributed by atoms with Crippen molar-refractivity contribution >= 4 is 32.9 Å². The molecular weight excluding hydrogens is 458 g/mol. The number of nitrogens with two attached hydrogens (primary N) is 1. The number of benzene rings is 1. The minimum atomic E-state index is -5.74. The molecule has 0 fully saturated rings. The van der Waals surface area contributed by atoms with Gasteiger partial charge in [-0.2, -0.15) is 0 Å². The monoisotopic (exact) mass is 482 g/mol. The fourth-order valence-electron chi connectivity index (χ4n) is 2.73. The van der Waals surface area contributed by atoms with Crippen molar-refractivity contribution in [3.05, 3.63) is 35.4 Å². The molecule has 13 nitrogen and oxygen atoms in total. The van der Waals surface area contributed by atoms with Crippen molar-refractivity contribution in [3.63, 3.8) is 0 Å². The summed E-state index contributed by atoms with van der Waals surface area (Å²) in [5.74, 6) is -2.71. The Kier molecular flexibility index (Phi) is 8.84. The van der Waals surface area contributed by atoms with Crippen molar-refractivity contribution in [1.82, 2.24) is 5.32 Å². The number of rotatable bonds is 11. The second-order valence-electron chi connectivity index (χ2n) is 6.79. The number of carbonyl (C=O) groups is 3. The molecule has 0 bridgehead atoms. The summed E-state index contributed by atoms with van der Waals surface area (Å²) < 4.78 is 22.8. The molecule has 1 amide bonds. The quantitative estimate of drug-likeness (QED) is 0.187. The van der Waals surface area contributed by atoms with E-state index < -0.39 is 56.4 Å². The first-order valence-electron chi connectivity index (χ1n) is 8.79. The van der Waals surface area contributed by atoms with Gasteiger partial charge in [-0.15, -0.1) is 0 Å². The Morgan fingerprint density at radius 1 is 1.06 bits per heavy atom. The lowest BCUT2D eigenvalue weighted by molar-refractivity contribution is -0.120. The molecule has 0 radical (unpaired) electrons. The van der Waals surface area contributed by atoms with Gasteiger partial charge >= 0.3 is 21.2 Å². The van der Waals surface area contributed by atoms with Crippen LogP contribution in [0.3, 0.4) is 0 Å². The highest BCUT2D eigenvalue weighted by atomic mass is 31.2. The van der Waals surface area contributed by atoms with Crippen LogP contribution >= 0.6 is 15.2 Å². The molecule has 1 rings (SSSR count). The smallest absolute Gasteiger partial charge is 0.371 e. The fourth-order valence-corrected chi connectivity index (χ4v) is 5.21. The van der Waals surface area contributed by atoms with E-state index in [-0.39, 0.29) is 24.0 Å². The Balaban J connectivity index is 2.75. The van der Waals surface area contributed by atoms with E-state index in [1.165, 1.54) is 31.2 Å². The molecule has 15 heteroatoms. The lowest BCUT2D eigenvalue weighted by Crippen LogP contribution is -2.47. The first-order chi connectivity index (χ1) is 14.0. The maximum Gasteiger partial charge on any atom is 0.371 e. The average molecular weight is 482 g/mol. The molecule has 9 N–H and O–H groups in total. The maximum absolute atomic E-state index is 12.3. The zero-order valence-corrected chi connectivity index (χ0v) is 18.1. The standard InChI is InChI=1S/C16H24N2O11P2/c1-9(18-14(20)10-5-2-3-6-11(10)15(21)22)12(19)7-4-8-13(17)16(23,30(24,25)26)31(27,28)29/h2-3,5-6,9,13,23H,4,7-8,17H2,1H3,(H,18,20)(H,21,22)(H2,24,25,26)(H2,27,28,29). The number of amides is 1. The van der Waals surface area contributed by atoms with E-state index >= 15 is 0 Å². The van der Waals surface area contributed by atoms with Gasteiger partial charge in [0.25, 0.3) is 11.0 Å². The molecule has 0 saturated heterocycles. The van der Waals surface area contributed by atoms with Crippen LogP contribution in [0.25, 0.3) is 0 Å². The van der Waals surface area contributed by atoms with Gasteiger partial charge in [0.05, 0.1) is 23.2 Å². The third-order valence-corrected chi connectivity index (χ3v) is 8.47. The van der Waals surface area contributed by atoms with Gasteiger partial charge in [0.2, 0.25) is 0 Å². The van der Waals surface area contributed by atoms with Crippen molar-refractivity contribution in [3.8, 4) is 0 Å². The van der Waals surface area contributed by atoms with E-state index in [0.717, 1.165) is 0 Å². The third-order valence-electron chi connectivity index (χ3n) is 4.53. The van der Waals surface area contributed by atoms with E-state index in [9.17, 15) is 28.6 Å². The van der Waals surface area contributed by atoms with Gasteiger partial charge in [0.1, 0.15) is 0 Å². The van der Waals surface area contributed by atoms with Gasteiger partial charge in [-0.05, 0) is 31.9 Å². The molecule has 0 aliphatic rings. The predicted octanol–water partition coefficient (Wildman–Crippen LogP) is -0.429. The van der Waals surface area contributed by atoms with Crippen LogP contribution in [0.15, 0.2) is 24.3 Å². The Morgan fingerprint density at radius 3 is 2.00 bits per heavy atom. The van der Waals surface area contributed by atoms with Crippen molar-refractivity contribution in [2.45, 2.75) is 43.4 Å². The van der Waals surface area contributed by atoms with Crippen LogP contribution in [-0.2, 0) is 13.9 Å². The molecule has 1 aromatic carbocycles. The molecule has 0 spiro atoms. The molecule has 0 aliphatic carbocycles. The number of aliphatic hydroxyl groups is 1. The van der Waals surface area contributed by atoms with Crippen LogP contribution < -0.4 is 11.1 Å². The zero-order valence-electron chi connectivity index (χ0n) is 16.3. The number of Topliss-reactive ketones (excluding diaryl/α,β-unsaturated/α-hetero) is 1. The largest absolute Gasteiger partial charge is 0.478 e. The van der Waals surface area contributed by atoms with Gasteiger partial charge in [0.15, 0.2) is 5.78 Å². The topological polar surface area (TPSA) is 245 Å². The Morgan fingerprint density at radius 2 is 1.55 bits per heavy atom. The first-order valence-corrected chi connectivity index (χ1v) is 12.0. The first kappa shape index (κ1) is 27.1. The van der Waals surface area contributed by atoms with E-state index in [2.05, 4.69) is 5.32 Å². The van der Waals surface area contributed by atoms with Crippen LogP contribution in [0, 0.1) is 0 Å². The molecular formula is C16H24N2O11P2. The number of carboxylic acid groups (broad SMARTS) is 1. The molecule has 0 heterocycles. The highest BCUT2D eigenvalue weighted by Gasteiger charge is 2.63. The van der Waals surface area contributed by atoms with E-state index in [1.54, 1.807) is 0 Å². The van der Waals surface area contributed by atoms with Crippen molar-refractivity contribution in [2.75, 3.05) is 0 Å². The highest BCUT2D eigenvalue weighted by Crippen LogP contribution is 2.68. The number of hydrogen-bond donors (Lipinski definition) is 8. The summed E-state index contributed by atoms with van der Waals surface area (Å²) >= 11 is 0. The Hall–Kier alpha value is -1.95. The van der Waals surface area contributed by atoms with Crippen molar-refractivity contribution < 1.29 is 53.3 Å². The number of aromatic carboxylic acids is 1. The van der Waals surface area contributed by atoms with Gasteiger partial charge < -0.3 is 40.8 Å². The second-order valence-corrected chi connectivity index (χ2v) is 10.7. The summed E-state index contributed by atoms with van der Waals surface area (Å²) in [6.07, 6.45) is -1.05. The summed E-state index contributed by atoms with van der Waals surface area (Å²) in [7, 11) is -11.5. The average Bonchev–Trinajstić information content (AvgIpc) is 2.64. The number of ketones is 1. The van der Waals surface area contributed by atoms with Gasteiger partial charge in [-0.1, -0.05) is 12.1 Å². The van der Waals surface area contributed by atoms with Gasteiger partial charge in [-0.25, -0.2) is 4.79 Å². The summed E-state index contributed by atoms with van der Waals surface area (Å²) in [6.45, 7) is 1.32. The second kappa shape index (κ2) is 10.1. The molecule has 174 valence electrons. The number of carbonyl (C=O) groups excluding carboxylic acids is 2. The summed E-state index contributed by atoms with van der Waals surface area (Å²) in [5, 5.41) is 17.5. The van der Waals surface area contributed by atoms with Crippen molar-refractivity contribution in [1.29, 1.82) is 0 Å². The number of carboxylic acids is 1. The zero-order chi connectivity index (χ0) is 24.2. The lowest BCUT2D eigenvalue weighted by atomic mass is 10.0. The molecule has 1 aromatic rings. The normalized spacial score (nSPS) is 14.5. The summed E-state index contributed by atoms with van der Waals surface area (Å²) in [4.78, 5) is 72.2. The van der Waals surface area contributed by atoms with Gasteiger partial charge in [0, 0.05) is 6.42 Å². The lowest BCUT2D eigenvalue weighted by Gasteiger charge is -2.34. The van der Waals surface area contributed by atoms with Crippen LogP contribution in [0.5, 0.6) is 0 Å². The minimum Gasteiger partial charge on any atom is -0.478 e. The van der Waals surface area contributed by atoms with E-state index in [0.29, 0.717) is 0 Å². The minimum absolute atomic E-state index is 0.162.